The van der Waals surface area contributed by atoms with Gasteiger partial charge in [0.05, 0.1) is 11.2 Å². The number of carbonyl (C=O) groups excluding carboxylic acids is 1. The van der Waals surface area contributed by atoms with Crippen LogP contribution in [0, 0.1) is 11.8 Å². The SMILES string of the molecule is Cn1cc(C[C@@H](/C=C/c2ccccc2)[C@@H](Cc2ccccc2)C(=O)Nc2cccc3cccnc23)c2ccccc21. The van der Waals surface area contributed by atoms with Crippen LogP contribution >= 0.6 is 0 Å². The van der Waals surface area contributed by atoms with Gasteiger partial charge in [-0.1, -0.05) is 109 Å². The molecule has 0 fully saturated rings. The molecular weight excluding hydrogens is 502 g/mol. The number of hydrogen-bond acceptors (Lipinski definition) is 2. The number of para-hydroxylation sites is 2. The molecule has 0 aliphatic carbocycles. The highest BCUT2D eigenvalue weighted by Crippen LogP contribution is 2.31. The first kappa shape index (κ1) is 26.3. The van der Waals surface area contributed by atoms with Crippen LogP contribution in [0.4, 0.5) is 5.69 Å². The topological polar surface area (TPSA) is 46.9 Å². The summed E-state index contributed by atoms with van der Waals surface area (Å²) in [6, 6.07) is 39.0. The monoisotopic (exact) mass is 535 g/mol. The third-order valence-electron chi connectivity index (χ3n) is 7.81. The maximum absolute atomic E-state index is 14.3. The Morgan fingerprint density at radius 2 is 1.56 bits per heavy atom. The van der Waals surface area contributed by atoms with E-state index in [1.54, 1.807) is 6.20 Å². The second-order valence-electron chi connectivity index (χ2n) is 10.6. The van der Waals surface area contributed by atoms with Gasteiger partial charge in [0.15, 0.2) is 0 Å². The Morgan fingerprint density at radius 1 is 0.829 bits per heavy atom. The zero-order valence-corrected chi connectivity index (χ0v) is 23.2. The number of amides is 1. The van der Waals surface area contributed by atoms with Crippen LogP contribution in [0.3, 0.4) is 0 Å². The Bertz CT molecular complexity index is 1800. The number of aryl methyl sites for hydroxylation is 1. The van der Waals surface area contributed by atoms with Crippen molar-refractivity contribution in [2.45, 2.75) is 12.8 Å². The summed E-state index contributed by atoms with van der Waals surface area (Å²) in [4.78, 5) is 18.9. The normalized spacial score (nSPS) is 13.0. The van der Waals surface area contributed by atoms with Gasteiger partial charge in [-0.3, -0.25) is 9.78 Å². The number of carbonyl (C=O) groups is 1. The molecule has 0 unspecified atom stereocenters. The summed E-state index contributed by atoms with van der Waals surface area (Å²) in [6.45, 7) is 0. The first-order valence-corrected chi connectivity index (χ1v) is 14.1. The molecule has 6 rings (SSSR count). The van der Waals surface area contributed by atoms with E-state index < -0.39 is 0 Å². The third-order valence-corrected chi connectivity index (χ3v) is 7.81. The lowest BCUT2D eigenvalue weighted by atomic mass is 9.81. The van der Waals surface area contributed by atoms with Crippen molar-refractivity contribution in [3.8, 4) is 0 Å². The third kappa shape index (κ3) is 5.97. The molecule has 6 aromatic rings. The maximum atomic E-state index is 14.3. The molecule has 0 saturated carbocycles. The molecule has 0 aliphatic rings. The zero-order chi connectivity index (χ0) is 28.0. The van der Waals surface area contributed by atoms with Crippen molar-refractivity contribution in [3.63, 3.8) is 0 Å². The molecule has 202 valence electrons. The van der Waals surface area contributed by atoms with Crippen molar-refractivity contribution in [2.24, 2.45) is 18.9 Å². The van der Waals surface area contributed by atoms with Gasteiger partial charge in [0.1, 0.15) is 0 Å². The Labute approximate surface area is 241 Å². The Hall–Kier alpha value is -4.96. The van der Waals surface area contributed by atoms with Crippen molar-refractivity contribution >= 4 is 39.5 Å². The zero-order valence-electron chi connectivity index (χ0n) is 23.2. The summed E-state index contributed by atoms with van der Waals surface area (Å²) in [5.41, 5.74) is 6.23. The van der Waals surface area contributed by atoms with E-state index in [9.17, 15) is 4.79 Å². The summed E-state index contributed by atoms with van der Waals surface area (Å²) in [7, 11) is 2.09. The van der Waals surface area contributed by atoms with Crippen LogP contribution in [0.1, 0.15) is 16.7 Å². The Kier molecular flexibility index (Phi) is 7.72. The summed E-state index contributed by atoms with van der Waals surface area (Å²) in [5.74, 6) is -0.366. The molecule has 1 N–H and O–H groups in total. The highest BCUT2D eigenvalue weighted by molar-refractivity contribution is 6.01. The van der Waals surface area contributed by atoms with E-state index in [0.29, 0.717) is 6.42 Å². The van der Waals surface area contributed by atoms with Crippen molar-refractivity contribution in [2.75, 3.05) is 5.32 Å². The predicted octanol–water partition coefficient (Wildman–Crippen LogP) is 8.10. The van der Waals surface area contributed by atoms with Crippen LogP contribution < -0.4 is 5.32 Å². The highest BCUT2D eigenvalue weighted by atomic mass is 16.1. The molecule has 0 radical (unpaired) electrons. The summed E-state index contributed by atoms with van der Waals surface area (Å²) in [6.07, 6.45) is 9.72. The maximum Gasteiger partial charge on any atom is 0.228 e. The first-order valence-electron chi connectivity index (χ1n) is 14.1. The molecule has 4 heteroatoms. The molecule has 41 heavy (non-hydrogen) atoms. The molecule has 2 heterocycles. The number of fused-ring (bicyclic) bond motifs is 2. The van der Waals surface area contributed by atoms with Gasteiger partial charge in [-0.25, -0.2) is 0 Å². The molecule has 0 spiro atoms. The van der Waals surface area contributed by atoms with Gasteiger partial charge in [-0.2, -0.15) is 0 Å². The van der Waals surface area contributed by atoms with Gasteiger partial charge in [-0.05, 0) is 53.6 Å². The second-order valence-corrected chi connectivity index (χ2v) is 10.6. The predicted molar refractivity (Wildman–Crippen MR) is 170 cm³/mol. The van der Waals surface area contributed by atoms with Crippen molar-refractivity contribution < 1.29 is 4.79 Å². The molecule has 0 aliphatic heterocycles. The van der Waals surface area contributed by atoms with E-state index in [1.807, 2.05) is 66.7 Å². The van der Waals surface area contributed by atoms with E-state index in [0.717, 1.165) is 34.1 Å². The van der Waals surface area contributed by atoms with Crippen LogP contribution in [0.25, 0.3) is 27.9 Å². The molecule has 4 nitrogen and oxygen atoms in total. The average molecular weight is 536 g/mol. The van der Waals surface area contributed by atoms with Crippen LogP contribution in [-0.4, -0.2) is 15.5 Å². The van der Waals surface area contributed by atoms with Crippen molar-refractivity contribution in [1.82, 2.24) is 9.55 Å². The van der Waals surface area contributed by atoms with E-state index in [1.165, 1.54) is 16.5 Å². The fourth-order valence-electron chi connectivity index (χ4n) is 5.72. The van der Waals surface area contributed by atoms with Crippen molar-refractivity contribution in [3.05, 3.63) is 150 Å². The molecule has 1 amide bonds. The molecule has 0 bridgehead atoms. The van der Waals surface area contributed by atoms with Crippen LogP contribution in [0.15, 0.2) is 134 Å². The van der Waals surface area contributed by atoms with E-state index in [2.05, 4.69) is 88.8 Å². The minimum atomic E-state index is -0.310. The standard InChI is InChI=1S/C37H33N3O/c1-40-26-31(32-18-8-9-20-35(32)40)25-30(22-21-27-12-4-2-5-13-27)33(24-28-14-6-3-7-15-28)37(41)39-34-19-10-16-29-17-11-23-38-36(29)34/h2-23,26,30,33H,24-25H2,1H3,(H,39,41)/b22-21+/t30-,33-/m1/s1. The van der Waals surface area contributed by atoms with E-state index in [4.69, 9.17) is 0 Å². The molecular formula is C37H33N3O. The highest BCUT2D eigenvalue weighted by Gasteiger charge is 2.29. The summed E-state index contributed by atoms with van der Waals surface area (Å²) in [5, 5.41) is 5.50. The Morgan fingerprint density at radius 3 is 2.39 bits per heavy atom. The lowest BCUT2D eigenvalue weighted by Gasteiger charge is -2.25. The number of pyridine rings is 1. The average Bonchev–Trinajstić information content (AvgIpc) is 3.34. The molecule has 2 aromatic heterocycles. The number of anilines is 1. The number of rotatable bonds is 9. The summed E-state index contributed by atoms with van der Waals surface area (Å²) >= 11 is 0. The molecule has 0 saturated heterocycles. The Balaban J connectivity index is 1.41. The minimum Gasteiger partial charge on any atom is -0.350 e. The van der Waals surface area contributed by atoms with Crippen LogP contribution in [-0.2, 0) is 24.7 Å². The van der Waals surface area contributed by atoms with Gasteiger partial charge in [0.25, 0.3) is 0 Å². The van der Waals surface area contributed by atoms with Gasteiger partial charge < -0.3 is 9.88 Å². The van der Waals surface area contributed by atoms with Gasteiger partial charge in [-0.15, -0.1) is 0 Å². The van der Waals surface area contributed by atoms with Gasteiger partial charge in [0.2, 0.25) is 5.91 Å². The van der Waals surface area contributed by atoms with Crippen molar-refractivity contribution in [1.29, 1.82) is 0 Å². The van der Waals surface area contributed by atoms with E-state index in [-0.39, 0.29) is 17.7 Å². The lowest BCUT2D eigenvalue weighted by molar-refractivity contribution is -0.120. The number of nitrogens with one attached hydrogen (secondary N) is 1. The number of allylic oxidation sites excluding steroid dienone is 1. The quantitative estimate of drug-likeness (QED) is 0.203. The molecule has 2 atom stereocenters. The number of hydrogen-bond donors (Lipinski definition) is 1. The number of benzene rings is 4. The van der Waals surface area contributed by atoms with Gasteiger partial charge >= 0.3 is 0 Å². The second kappa shape index (κ2) is 12.1. The lowest BCUT2D eigenvalue weighted by Crippen LogP contribution is -2.31. The summed E-state index contributed by atoms with van der Waals surface area (Å²) < 4.78 is 2.18. The minimum absolute atomic E-state index is 0.00467. The van der Waals surface area contributed by atoms with Crippen LogP contribution in [0.5, 0.6) is 0 Å². The van der Waals surface area contributed by atoms with Gasteiger partial charge in [0, 0.05) is 41.6 Å². The van der Waals surface area contributed by atoms with E-state index >= 15 is 0 Å². The molecule has 4 aromatic carbocycles. The number of nitrogens with zero attached hydrogens (tertiary/aromatic N) is 2. The fraction of sp³-hybridized carbons (Fsp3) is 0.135. The first-order chi connectivity index (χ1) is 20.2. The fourth-order valence-corrected chi connectivity index (χ4v) is 5.72. The number of aromatic nitrogens is 2. The smallest absolute Gasteiger partial charge is 0.228 e. The largest absolute Gasteiger partial charge is 0.350 e. The van der Waals surface area contributed by atoms with Crippen LogP contribution in [0.2, 0.25) is 0 Å².